The van der Waals surface area contributed by atoms with Crippen molar-refractivity contribution in [3.05, 3.63) is 12.2 Å². The minimum absolute atomic E-state index is 0.0498. The molecule has 2 aliphatic carbocycles. The third kappa shape index (κ3) is 1.34. The first-order valence-corrected chi connectivity index (χ1v) is 7.14. The van der Waals surface area contributed by atoms with Crippen molar-refractivity contribution in [3.63, 3.8) is 0 Å². The molecule has 4 nitrogen and oxygen atoms in total. The maximum Gasteiger partial charge on any atom is 0.334 e. The number of esters is 1. The topological polar surface area (TPSA) is 59.1 Å². The third-order valence-corrected chi connectivity index (χ3v) is 6.01. The van der Waals surface area contributed by atoms with Gasteiger partial charge in [-0.15, -0.1) is 0 Å². The van der Waals surface area contributed by atoms with Crippen LogP contribution in [0.15, 0.2) is 12.2 Å². The van der Waals surface area contributed by atoms with Crippen molar-refractivity contribution in [1.29, 1.82) is 0 Å². The van der Waals surface area contributed by atoms with Gasteiger partial charge in [-0.25, -0.2) is 4.79 Å². The van der Waals surface area contributed by atoms with E-state index < -0.39 is 5.60 Å². The molecule has 7 atom stereocenters. The lowest BCUT2D eigenvalue weighted by Gasteiger charge is -2.36. The van der Waals surface area contributed by atoms with Crippen molar-refractivity contribution in [2.45, 2.75) is 56.5 Å². The lowest BCUT2D eigenvalue weighted by Crippen LogP contribution is -2.44. The van der Waals surface area contributed by atoms with E-state index in [4.69, 9.17) is 9.47 Å². The second-order valence-corrected chi connectivity index (χ2v) is 7.06. The van der Waals surface area contributed by atoms with Crippen molar-refractivity contribution >= 4 is 5.97 Å². The quantitative estimate of drug-likeness (QED) is 0.408. The van der Waals surface area contributed by atoms with Gasteiger partial charge in [-0.1, -0.05) is 6.58 Å². The van der Waals surface area contributed by atoms with Crippen LogP contribution in [-0.2, 0) is 14.3 Å². The van der Waals surface area contributed by atoms with Crippen LogP contribution in [0.4, 0.5) is 0 Å². The second kappa shape index (κ2) is 3.23. The molecule has 2 aliphatic heterocycles. The molecule has 0 aromatic carbocycles. The zero-order valence-electron chi connectivity index (χ0n) is 11.4. The summed E-state index contributed by atoms with van der Waals surface area (Å²) in [7, 11) is 0. The summed E-state index contributed by atoms with van der Waals surface area (Å²) < 4.78 is 11.4. The number of carbonyl (C=O) groups is 1. The van der Waals surface area contributed by atoms with Crippen LogP contribution in [0.25, 0.3) is 0 Å². The zero-order chi connectivity index (χ0) is 13.6. The summed E-state index contributed by atoms with van der Waals surface area (Å²) in [5.41, 5.74) is -0.331. The van der Waals surface area contributed by atoms with E-state index in [-0.39, 0.29) is 41.5 Å². The highest BCUT2D eigenvalue weighted by molar-refractivity contribution is 5.90. The third-order valence-electron chi connectivity index (χ3n) is 6.01. The average Bonchev–Trinajstić information content (AvgIpc) is 2.80. The summed E-state index contributed by atoms with van der Waals surface area (Å²) in [4.78, 5) is 11.8. The number of fused-ring (bicyclic) bond motifs is 5. The van der Waals surface area contributed by atoms with Gasteiger partial charge < -0.3 is 14.6 Å². The van der Waals surface area contributed by atoms with Crippen molar-refractivity contribution in [2.24, 2.45) is 17.8 Å². The number of hydrogen-bond acceptors (Lipinski definition) is 4. The summed E-state index contributed by atoms with van der Waals surface area (Å²) >= 11 is 0. The molecule has 1 N–H and O–H groups in total. The molecule has 0 spiro atoms. The zero-order valence-corrected chi connectivity index (χ0v) is 11.4. The van der Waals surface area contributed by atoms with Gasteiger partial charge in [-0.3, -0.25) is 0 Å². The molecule has 0 aromatic heterocycles. The van der Waals surface area contributed by atoms with Crippen LogP contribution >= 0.6 is 0 Å². The highest BCUT2D eigenvalue weighted by atomic mass is 16.6. The number of epoxide rings is 1. The van der Waals surface area contributed by atoms with Crippen LogP contribution in [0.2, 0.25) is 0 Å². The Labute approximate surface area is 112 Å². The second-order valence-electron chi connectivity index (χ2n) is 7.06. The number of hydrogen-bond donors (Lipinski definition) is 1. The van der Waals surface area contributed by atoms with Gasteiger partial charge in [-0.2, -0.15) is 0 Å². The number of carbonyl (C=O) groups excluding carboxylic acids is 1. The molecule has 0 amide bonds. The van der Waals surface area contributed by atoms with E-state index in [1.54, 1.807) is 0 Å². The maximum atomic E-state index is 11.8. The highest BCUT2D eigenvalue weighted by Crippen LogP contribution is 2.64. The highest BCUT2D eigenvalue weighted by Gasteiger charge is 2.72. The van der Waals surface area contributed by atoms with Crippen molar-refractivity contribution in [3.8, 4) is 0 Å². The number of aliphatic hydroxyl groups is 1. The Morgan fingerprint density at radius 3 is 2.89 bits per heavy atom. The predicted molar refractivity (Wildman–Crippen MR) is 67.2 cm³/mol. The van der Waals surface area contributed by atoms with Gasteiger partial charge in [0.25, 0.3) is 0 Å². The summed E-state index contributed by atoms with van der Waals surface area (Å²) in [6.45, 7) is 7.90. The minimum Gasteiger partial charge on any atom is -0.458 e. The average molecular weight is 264 g/mol. The Morgan fingerprint density at radius 1 is 1.42 bits per heavy atom. The Kier molecular flexibility index (Phi) is 2.03. The van der Waals surface area contributed by atoms with E-state index in [1.807, 2.05) is 6.92 Å². The number of ether oxygens (including phenoxy) is 2. The summed E-state index contributed by atoms with van der Waals surface area (Å²) in [5, 5.41) is 10.8. The van der Waals surface area contributed by atoms with Gasteiger partial charge in [0.2, 0.25) is 0 Å². The molecule has 2 heterocycles. The van der Waals surface area contributed by atoms with Crippen LogP contribution in [0.5, 0.6) is 0 Å². The van der Waals surface area contributed by atoms with Crippen LogP contribution in [-0.4, -0.2) is 34.5 Å². The normalized spacial score (nSPS) is 59.0. The molecular formula is C15H20O4. The van der Waals surface area contributed by atoms with Gasteiger partial charge in [0.1, 0.15) is 6.10 Å². The first-order chi connectivity index (χ1) is 8.84. The molecule has 0 radical (unpaired) electrons. The fraction of sp³-hybridized carbons (Fsp3) is 0.800. The standard InChI is InChI=1S/C15H20O4/c1-7-8-4-5-14(2,17)9-6-10-15(3,19-10)11(9)12(8)18-13(7)16/h8-12,17H,1,4-6H2,2-3H3/t8-,9+,10-,11-,12-,14+,15-/m0/s1. The fourth-order valence-electron chi connectivity index (χ4n) is 4.75. The van der Waals surface area contributed by atoms with Crippen LogP contribution in [0, 0.1) is 17.8 Å². The molecule has 2 saturated carbocycles. The Morgan fingerprint density at radius 2 is 2.16 bits per heavy atom. The first kappa shape index (κ1) is 11.9. The van der Waals surface area contributed by atoms with Gasteiger partial charge in [-0.05, 0) is 39.0 Å². The fourth-order valence-corrected chi connectivity index (χ4v) is 4.75. The SMILES string of the molecule is C=C1C(=O)O[C@@H]2[C@@H]3[C@@H](C[C@@H]4O[C@]34C)[C@](C)(O)CC[C@@H]12. The molecule has 2 saturated heterocycles. The first-order valence-electron chi connectivity index (χ1n) is 7.14. The minimum atomic E-state index is -0.693. The Hall–Kier alpha value is -0.870. The van der Waals surface area contributed by atoms with E-state index in [0.29, 0.717) is 12.0 Å². The monoisotopic (exact) mass is 264 g/mol. The summed E-state index contributed by atoms with van der Waals surface area (Å²) in [6.07, 6.45) is 2.42. The van der Waals surface area contributed by atoms with Gasteiger partial charge in [0.05, 0.1) is 17.3 Å². The van der Waals surface area contributed by atoms with E-state index in [0.717, 1.165) is 12.8 Å². The van der Waals surface area contributed by atoms with E-state index in [1.165, 1.54) is 0 Å². The van der Waals surface area contributed by atoms with Crippen LogP contribution in [0.3, 0.4) is 0 Å². The Bertz CT molecular complexity index is 483. The molecule has 4 aliphatic rings. The van der Waals surface area contributed by atoms with Crippen LogP contribution in [0.1, 0.15) is 33.1 Å². The molecule has 4 fully saturated rings. The lowest BCUT2D eigenvalue weighted by atomic mass is 9.75. The molecule has 4 heteroatoms. The van der Waals surface area contributed by atoms with Gasteiger partial charge in [0, 0.05) is 17.4 Å². The Balaban J connectivity index is 1.78. The lowest BCUT2D eigenvalue weighted by molar-refractivity contribution is -0.146. The van der Waals surface area contributed by atoms with Gasteiger partial charge in [0.15, 0.2) is 0 Å². The summed E-state index contributed by atoms with van der Waals surface area (Å²) in [6, 6.07) is 0. The van der Waals surface area contributed by atoms with Crippen molar-refractivity contribution < 1.29 is 19.4 Å². The maximum absolute atomic E-state index is 11.8. The van der Waals surface area contributed by atoms with Crippen molar-refractivity contribution in [2.75, 3.05) is 0 Å². The summed E-state index contributed by atoms with van der Waals surface area (Å²) in [5.74, 6) is 0.0462. The predicted octanol–water partition coefficient (Wildman–Crippen LogP) is 1.42. The molecular weight excluding hydrogens is 244 g/mol. The van der Waals surface area contributed by atoms with Gasteiger partial charge >= 0.3 is 5.97 Å². The molecule has 0 bridgehead atoms. The molecule has 4 rings (SSSR count). The smallest absolute Gasteiger partial charge is 0.334 e. The molecule has 104 valence electrons. The number of rotatable bonds is 0. The van der Waals surface area contributed by atoms with E-state index in [2.05, 4.69) is 13.5 Å². The van der Waals surface area contributed by atoms with E-state index in [9.17, 15) is 9.90 Å². The molecule has 19 heavy (non-hydrogen) atoms. The molecule has 0 aromatic rings. The van der Waals surface area contributed by atoms with E-state index >= 15 is 0 Å². The molecule has 0 unspecified atom stereocenters. The van der Waals surface area contributed by atoms with Crippen LogP contribution < -0.4 is 0 Å². The largest absolute Gasteiger partial charge is 0.458 e. The van der Waals surface area contributed by atoms with Crippen molar-refractivity contribution in [1.82, 2.24) is 0 Å².